The van der Waals surface area contributed by atoms with Gasteiger partial charge in [0.25, 0.3) is 0 Å². The van der Waals surface area contributed by atoms with E-state index in [1.807, 2.05) is 0 Å². The van der Waals surface area contributed by atoms with Crippen molar-refractivity contribution in [1.29, 1.82) is 0 Å². The molecule has 0 fully saturated rings. The summed E-state index contributed by atoms with van der Waals surface area (Å²) in [6.07, 6.45) is -5.05. The van der Waals surface area contributed by atoms with Gasteiger partial charge in [0, 0.05) is 6.07 Å². The summed E-state index contributed by atoms with van der Waals surface area (Å²) >= 11 is 2.90. The zero-order chi connectivity index (χ0) is 13.2. The highest BCUT2D eigenvalue weighted by Crippen LogP contribution is 2.35. The number of carbonyl (C=O) groups excluding carboxylic acids is 1. The number of hydrogen-bond acceptors (Lipinski definition) is 2. The van der Waals surface area contributed by atoms with Crippen LogP contribution in [-0.2, 0) is 4.79 Å². The topological polar surface area (TPSA) is 38.3 Å². The Morgan fingerprint density at radius 2 is 2.00 bits per heavy atom. The number of rotatable bonds is 2. The van der Waals surface area contributed by atoms with Gasteiger partial charge in [-0.3, -0.25) is 4.79 Å². The maximum atomic E-state index is 13.0. The van der Waals surface area contributed by atoms with E-state index in [0.29, 0.717) is 0 Å². The molecular weight excluding hydrogens is 310 g/mol. The zero-order valence-corrected chi connectivity index (χ0v) is 9.95. The van der Waals surface area contributed by atoms with E-state index in [4.69, 9.17) is 4.74 Å². The van der Waals surface area contributed by atoms with Gasteiger partial charge in [0.05, 0.1) is 17.3 Å². The van der Waals surface area contributed by atoms with Crippen molar-refractivity contribution in [3.63, 3.8) is 0 Å². The predicted molar refractivity (Wildman–Crippen MR) is 55.3 cm³/mol. The first kappa shape index (κ1) is 13.8. The highest BCUT2D eigenvalue weighted by molar-refractivity contribution is 9.10. The Bertz CT molecular complexity index is 447. The molecule has 1 N–H and O–H groups in total. The Hall–Kier alpha value is -1.31. The van der Waals surface area contributed by atoms with Gasteiger partial charge in [-0.1, -0.05) is 0 Å². The monoisotopic (exact) mass is 315 g/mol. The molecular formula is C9H6BrF4NO2. The molecule has 17 heavy (non-hydrogen) atoms. The Balaban J connectivity index is 3.10. The molecule has 0 aliphatic carbocycles. The van der Waals surface area contributed by atoms with Crippen LogP contribution in [0.25, 0.3) is 0 Å². The maximum absolute atomic E-state index is 13.0. The molecule has 0 aliphatic heterocycles. The summed E-state index contributed by atoms with van der Waals surface area (Å²) in [5, 5.41) is 1.52. The summed E-state index contributed by atoms with van der Waals surface area (Å²) in [4.78, 5) is 10.7. The largest absolute Gasteiger partial charge is 0.493 e. The molecule has 0 radical (unpaired) electrons. The minimum absolute atomic E-state index is 0.0935. The Morgan fingerprint density at radius 1 is 1.41 bits per heavy atom. The van der Waals surface area contributed by atoms with Crippen LogP contribution in [-0.4, -0.2) is 19.2 Å². The van der Waals surface area contributed by atoms with E-state index in [2.05, 4.69) is 15.9 Å². The molecule has 1 rings (SSSR count). The number of ether oxygens (including phenoxy) is 1. The summed E-state index contributed by atoms with van der Waals surface area (Å²) in [6.45, 7) is 0. The lowest BCUT2D eigenvalue weighted by Crippen LogP contribution is -2.30. The number of hydrogen-bond donors (Lipinski definition) is 1. The molecule has 1 amide bonds. The normalized spacial score (nSPS) is 11.2. The first-order chi connectivity index (χ1) is 7.75. The Labute approximate surface area is 102 Å². The molecule has 1 aromatic carbocycles. The lowest BCUT2D eigenvalue weighted by molar-refractivity contribution is -0.167. The van der Waals surface area contributed by atoms with Crippen LogP contribution in [0.15, 0.2) is 16.6 Å². The zero-order valence-electron chi connectivity index (χ0n) is 8.36. The molecule has 1 aromatic rings. The van der Waals surface area contributed by atoms with E-state index in [1.165, 1.54) is 12.4 Å². The molecule has 0 atom stereocenters. The van der Waals surface area contributed by atoms with Crippen LogP contribution < -0.4 is 10.1 Å². The fourth-order valence-electron chi connectivity index (χ4n) is 1.05. The quantitative estimate of drug-likeness (QED) is 0.852. The van der Waals surface area contributed by atoms with Gasteiger partial charge in [-0.05, 0) is 22.0 Å². The van der Waals surface area contributed by atoms with Crippen LogP contribution >= 0.6 is 15.9 Å². The Kier molecular flexibility index (Phi) is 3.97. The number of methoxy groups -OCH3 is 1. The average Bonchev–Trinajstić information content (AvgIpc) is 2.15. The van der Waals surface area contributed by atoms with E-state index in [-0.39, 0.29) is 10.2 Å². The second-order valence-corrected chi connectivity index (χ2v) is 3.77. The van der Waals surface area contributed by atoms with Crippen LogP contribution in [0.1, 0.15) is 0 Å². The highest BCUT2D eigenvalue weighted by Gasteiger charge is 2.39. The second kappa shape index (κ2) is 4.91. The van der Waals surface area contributed by atoms with Crippen LogP contribution in [0.5, 0.6) is 5.75 Å². The molecule has 8 heteroatoms. The summed E-state index contributed by atoms with van der Waals surface area (Å²) in [7, 11) is 1.18. The molecule has 0 saturated heterocycles. The molecule has 0 bridgehead atoms. The van der Waals surface area contributed by atoms with Crippen molar-refractivity contribution in [2.24, 2.45) is 0 Å². The fourth-order valence-corrected chi connectivity index (χ4v) is 1.65. The second-order valence-electron chi connectivity index (χ2n) is 2.92. The third kappa shape index (κ3) is 3.32. The van der Waals surface area contributed by atoms with E-state index in [9.17, 15) is 22.4 Å². The maximum Gasteiger partial charge on any atom is 0.471 e. The lowest BCUT2D eigenvalue weighted by atomic mass is 10.2. The van der Waals surface area contributed by atoms with Crippen molar-refractivity contribution < 1.29 is 27.1 Å². The van der Waals surface area contributed by atoms with Gasteiger partial charge in [-0.15, -0.1) is 0 Å². The standard InChI is InChI=1S/C9H6BrF4NO2/c1-17-7-5(10)2-4(11)3-6(7)15-8(16)9(12,13)14/h2-3H,1H3,(H,15,16). The molecule has 3 nitrogen and oxygen atoms in total. The van der Waals surface area contributed by atoms with Gasteiger partial charge in [0.2, 0.25) is 0 Å². The van der Waals surface area contributed by atoms with E-state index >= 15 is 0 Å². The van der Waals surface area contributed by atoms with E-state index < -0.39 is 23.6 Å². The number of halogens is 5. The highest BCUT2D eigenvalue weighted by atomic mass is 79.9. The van der Waals surface area contributed by atoms with Gasteiger partial charge in [-0.25, -0.2) is 4.39 Å². The van der Waals surface area contributed by atoms with Gasteiger partial charge in [-0.2, -0.15) is 13.2 Å². The Morgan fingerprint density at radius 3 is 2.47 bits per heavy atom. The number of anilines is 1. The van der Waals surface area contributed by atoms with Crippen LogP contribution in [0, 0.1) is 5.82 Å². The first-order valence-corrected chi connectivity index (χ1v) is 4.96. The first-order valence-electron chi connectivity index (χ1n) is 4.17. The number of carbonyl (C=O) groups is 1. The average molecular weight is 316 g/mol. The molecule has 0 heterocycles. The third-order valence-electron chi connectivity index (χ3n) is 1.72. The van der Waals surface area contributed by atoms with E-state index in [0.717, 1.165) is 12.1 Å². The number of amides is 1. The van der Waals surface area contributed by atoms with Crippen LogP contribution in [0.2, 0.25) is 0 Å². The van der Waals surface area contributed by atoms with Crippen molar-refractivity contribution in [3.05, 3.63) is 22.4 Å². The van der Waals surface area contributed by atoms with Gasteiger partial charge < -0.3 is 10.1 Å². The third-order valence-corrected chi connectivity index (χ3v) is 2.31. The summed E-state index contributed by atoms with van der Waals surface area (Å²) in [5.41, 5.74) is -0.401. The van der Waals surface area contributed by atoms with Gasteiger partial charge in [0.1, 0.15) is 5.82 Å². The van der Waals surface area contributed by atoms with E-state index in [1.54, 1.807) is 0 Å². The van der Waals surface area contributed by atoms with Crippen molar-refractivity contribution in [2.45, 2.75) is 6.18 Å². The number of benzene rings is 1. The summed E-state index contributed by atoms with van der Waals surface area (Å²) in [6, 6.07) is 1.73. The van der Waals surface area contributed by atoms with Crippen LogP contribution in [0.3, 0.4) is 0 Å². The minimum Gasteiger partial charge on any atom is -0.493 e. The van der Waals surface area contributed by atoms with Crippen molar-refractivity contribution in [3.8, 4) is 5.75 Å². The molecule has 0 unspecified atom stereocenters. The molecule has 0 saturated carbocycles. The van der Waals surface area contributed by atoms with Crippen molar-refractivity contribution in [2.75, 3.05) is 12.4 Å². The number of alkyl halides is 3. The smallest absolute Gasteiger partial charge is 0.471 e. The lowest BCUT2D eigenvalue weighted by Gasteiger charge is -2.13. The van der Waals surface area contributed by atoms with Gasteiger partial charge in [0.15, 0.2) is 5.75 Å². The minimum atomic E-state index is -5.05. The van der Waals surface area contributed by atoms with Crippen LogP contribution in [0.4, 0.5) is 23.2 Å². The SMILES string of the molecule is COc1c(Br)cc(F)cc1NC(=O)C(F)(F)F. The molecule has 0 aromatic heterocycles. The predicted octanol–water partition coefficient (Wildman–Crippen LogP) is 3.10. The summed E-state index contributed by atoms with van der Waals surface area (Å²) < 4.78 is 53.9. The number of nitrogens with one attached hydrogen (secondary N) is 1. The summed E-state index contributed by atoms with van der Waals surface area (Å²) in [5.74, 6) is -3.10. The molecule has 94 valence electrons. The molecule has 0 spiro atoms. The fraction of sp³-hybridized carbons (Fsp3) is 0.222. The van der Waals surface area contributed by atoms with Crippen molar-refractivity contribution >= 4 is 27.5 Å². The van der Waals surface area contributed by atoms with Crippen molar-refractivity contribution in [1.82, 2.24) is 0 Å². The molecule has 0 aliphatic rings. The van der Waals surface area contributed by atoms with Gasteiger partial charge >= 0.3 is 12.1 Å².